The number of hydrogen-bond donors (Lipinski definition) is 1. The Labute approximate surface area is 156 Å². The quantitative estimate of drug-likeness (QED) is 0.749. The Hall–Kier alpha value is -3.42. The largest absolute Gasteiger partial charge is 0.368 e. The number of carbonyl (C=O) groups is 2. The van der Waals surface area contributed by atoms with Gasteiger partial charge in [0.1, 0.15) is 5.52 Å². The third-order valence-corrected chi connectivity index (χ3v) is 4.94. The summed E-state index contributed by atoms with van der Waals surface area (Å²) >= 11 is 0. The molecule has 8 nitrogen and oxygen atoms in total. The van der Waals surface area contributed by atoms with Gasteiger partial charge in [-0.2, -0.15) is 0 Å². The molecule has 0 spiro atoms. The van der Waals surface area contributed by atoms with Crippen molar-refractivity contribution in [2.24, 2.45) is 12.8 Å². The number of nitrogens with two attached hydrogens (primary N) is 1. The zero-order chi connectivity index (χ0) is 19.0. The zero-order valence-corrected chi connectivity index (χ0v) is 15.0. The molecule has 4 rings (SSSR count). The molecule has 138 valence electrons. The van der Waals surface area contributed by atoms with Gasteiger partial charge in [-0.3, -0.25) is 14.6 Å². The van der Waals surface area contributed by atoms with Crippen molar-refractivity contribution >= 4 is 28.5 Å². The molecule has 0 bridgehead atoms. The fourth-order valence-corrected chi connectivity index (χ4v) is 3.45. The first-order valence-electron chi connectivity index (χ1n) is 8.73. The molecule has 0 radical (unpaired) electrons. The number of hydrogen-bond acceptors (Lipinski definition) is 5. The Balaban J connectivity index is 1.48. The Morgan fingerprint density at radius 3 is 2.41 bits per heavy atom. The molecule has 0 atom stereocenters. The third kappa shape index (κ3) is 3.10. The number of imidazole rings is 1. The van der Waals surface area contributed by atoms with Gasteiger partial charge in [0.2, 0.25) is 5.91 Å². The number of amides is 2. The maximum absolute atomic E-state index is 13.0. The lowest BCUT2D eigenvalue weighted by atomic mass is 10.1. The van der Waals surface area contributed by atoms with Gasteiger partial charge in [0.25, 0.3) is 5.91 Å². The van der Waals surface area contributed by atoms with Gasteiger partial charge in [0.15, 0.2) is 0 Å². The highest BCUT2D eigenvalue weighted by molar-refractivity contribution is 6.04. The SMILES string of the molecule is Cn1cnc2cncc(C(=O)N3CCN(c4ccc(C(N)=O)cc4)CC3)c21. The van der Waals surface area contributed by atoms with E-state index in [2.05, 4.69) is 14.9 Å². The van der Waals surface area contributed by atoms with Gasteiger partial charge in [-0.05, 0) is 24.3 Å². The van der Waals surface area contributed by atoms with E-state index < -0.39 is 5.91 Å². The molecule has 3 heterocycles. The Morgan fingerprint density at radius 2 is 1.74 bits per heavy atom. The number of piperazine rings is 1. The number of rotatable bonds is 3. The topological polar surface area (TPSA) is 97.3 Å². The molecule has 3 aromatic rings. The van der Waals surface area contributed by atoms with Crippen LogP contribution in [0.4, 0.5) is 5.69 Å². The van der Waals surface area contributed by atoms with Gasteiger partial charge >= 0.3 is 0 Å². The molecule has 0 saturated carbocycles. The fourth-order valence-electron chi connectivity index (χ4n) is 3.45. The smallest absolute Gasteiger partial charge is 0.257 e. The zero-order valence-electron chi connectivity index (χ0n) is 15.0. The number of pyridine rings is 1. The molecular weight excluding hydrogens is 344 g/mol. The first kappa shape index (κ1) is 17.0. The second-order valence-electron chi connectivity index (χ2n) is 6.60. The molecule has 1 fully saturated rings. The standard InChI is InChI=1S/C19H20N6O2/c1-23-12-22-16-11-21-10-15(17(16)23)19(27)25-8-6-24(7-9-25)14-4-2-13(3-5-14)18(20)26/h2-5,10-12H,6-9H2,1H3,(H2,20,26). The number of aryl methyl sites for hydroxylation is 1. The van der Waals surface area contributed by atoms with Crippen LogP contribution in [-0.4, -0.2) is 57.4 Å². The van der Waals surface area contributed by atoms with Crippen molar-refractivity contribution in [2.45, 2.75) is 0 Å². The maximum atomic E-state index is 13.0. The highest BCUT2D eigenvalue weighted by Crippen LogP contribution is 2.21. The summed E-state index contributed by atoms with van der Waals surface area (Å²) < 4.78 is 1.85. The Bertz CT molecular complexity index is 1000. The first-order valence-corrected chi connectivity index (χ1v) is 8.73. The van der Waals surface area contributed by atoms with E-state index >= 15 is 0 Å². The lowest BCUT2D eigenvalue weighted by molar-refractivity contribution is 0.0747. The molecule has 1 aliphatic heterocycles. The lowest BCUT2D eigenvalue weighted by Crippen LogP contribution is -2.48. The van der Waals surface area contributed by atoms with Crippen LogP contribution in [0.2, 0.25) is 0 Å². The van der Waals surface area contributed by atoms with Crippen molar-refractivity contribution in [1.82, 2.24) is 19.4 Å². The lowest BCUT2D eigenvalue weighted by Gasteiger charge is -2.36. The number of primary amides is 1. The molecule has 0 aliphatic carbocycles. The number of fused-ring (bicyclic) bond motifs is 1. The van der Waals surface area contributed by atoms with E-state index in [9.17, 15) is 9.59 Å². The monoisotopic (exact) mass is 364 g/mol. The van der Waals surface area contributed by atoms with E-state index in [0.29, 0.717) is 24.2 Å². The first-order chi connectivity index (χ1) is 13.0. The van der Waals surface area contributed by atoms with E-state index in [-0.39, 0.29) is 5.91 Å². The van der Waals surface area contributed by atoms with Crippen LogP contribution in [0.15, 0.2) is 43.0 Å². The third-order valence-electron chi connectivity index (χ3n) is 4.94. The minimum Gasteiger partial charge on any atom is -0.368 e. The number of carbonyl (C=O) groups excluding carboxylic acids is 2. The van der Waals surface area contributed by atoms with Gasteiger partial charge in [-0.15, -0.1) is 0 Å². The van der Waals surface area contributed by atoms with Gasteiger partial charge in [-0.1, -0.05) is 0 Å². The average Bonchev–Trinajstić information content (AvgIpc) is 3.09. The molecule has 27 heavy (non-hydrogen) atoms. The number of nitrogens with zero attached hydrogens (tertiary/aromatic N) is 5. The van der Waals surface area contributed by atoms with Crippen LogP contribution in [0.5, 0.6) is 0 Å². The number of anilines is 1. The van der Waals surface area contributed by atoms with E-state index in [1.807, 2.05) is 28.6 Å². The van der Waals surface area contributed by atoms with E-state index in [1.54, 1.807) is 30.9 Å². The predicted octanol–water partition coefficient (Wildman–Crippen LogP) is 1.03. The van der Waals surface area contributed by atoms with Crippen LogP contribution in [0.3, 0.4) is 0 Å². The minimum absolute atomic E-state index is 0.0274. The van der Waals surface area contributed by atoms with Crippen LogP contribution in [0.1, 0.15) is 20.7 Å². The molecule has 0 unspecified atom stereocenters. The van der Waals surface area contributed by atoms with Crippen molar-refractivity contribution in [2.75, 3.05) is 31.1 Å². The van der Waals surface area contributed by atoms with Crippen LogP contribution >= 0.6 is 0 Å². The molecule has 2 N–H and O–H groups in total. The van der Waals surface area contributed by atoms with Crippen molar-refractivity contribution in [3.63, 3.8) is 0 Å². The summed E-state index contributed by atoms with van der Waals surface area (Å²) in [6.45, 7) is 2.67. The van der Waals surface area contributed by atoms with Gasteiger partial charge < -0.3 is 20.1 Å². The molecule has 1 aromatic carbocycles. The molecule has 1 aliphatic rings. The molecule has 2 aromatic heterocycles. The highest BCUT2D eigenvalue weighted by Gasteiger charge is 2.25. The summed E-state index contributed by atoms with van der Waals surface area (Å²) in [6.07, 6.45) is 4.97. The summed E-state index contributed by atoms with van der Waals surface area (Å²) in [6, 6.07) is 7.23. The molecular formula is C19H20N6O2. The van der Waals surface area contributed by atoms with Crippen LogP contribution in [-0.2, 0) is 7.05 Å². The van der Waals surface area contributed by atoms with Crippen molar-refractivity contribution < 1.29 is 9.59 Å². The molecule has 1 saturated heterocycles. The summed E-state index contributed by atoms with van der Waals surface area (Å²) in [4.78, 5) is 36.7. The minimum atomic E-state index is -0.435. The Kier molecular flexibility index (Phi) is 4.23. The fraction of sp³-hybridized carbons (Fsp3) is 0.263. The van der Waals surface area contributed by atoms with Gasteiger partial charge in [0, 0.05) is 50.7 Å². The van der Waals surface area contributed by atoms with Gasteiger partial charge in [-0.25, -0.2) is 4.98 Å². The molecule has 2 amide bonds. The summed E-state index contributed by atoms with van der Waals surface area (Å²) in [5.74, 6) is -0.463. The van der Waals surface area contributed by atoms with Crippen molar-refractivity contribution in [3.05, 3.63) is 54.1 Å². The van der Waals surface area contributed by atoms with Crippen LogP contribution in [0.25, 0.3) is 11.0 Å². The highest BCUT2D eigenvalue weighted by atomic mass is 16.2. The van der Waals surface area contributed by atoms with Gasteiger partial charge in [0.05, 0.1) is 23.6 Å². The number of benzene rings is 1. The summed E-state index contributed by atoms with van der Waals surface area (Å²) in [7, 11) is 1.87. The average molecular weight is 364 g/mol. The summed E-state index contributed by atoms with van der Waals surface area (Å²) in [5.41, 5.74) is 8.89. The number of aromatic nitrogens is 3. The second-order valence-corrected chi connectivity index (χ2v) is 6.60. The van der Waals surface area contributed by atoms with Crippen LogP contribution < -0.4 is 10.6 Å². The Morgan fingerprint density at radius 1 is 1.04 bits per heavy atom. The molecule has 8 heteroatoms. The van der Waals surface area contributed by atoms with Crippen LogP contribution in [0, 0.1) is 0 Å². The maximum Gasteiger partial charge on any atom is 0.257 e. The summed E-state index contributed by atoms with van der Waals surface area (Å²) in [5, 5.41) is 0. The van der Waals surface area contributed by atoms with Crippen molar-refractivity contribution in [3.8, 4) is 0 Å². The van der Waals surface area contributed by atoms with E-state index in [4.69, 9.17) is 5.73 Å². The van der Waals surface area contributed by atoms with E-state index in [1.165, 1.54) is 0 Å². The predicted molar refractivity (Wildman–Crippen MR) is 102 cm³/mol. The normalized spacial score (nSPS) is 14.6. The van der Waals surface area contributed by atoms with E-state index in [0.717, 1.165) is 29.8 Å². The second kappa shape index (κ2) is 6.71. The van der Waals surface area contributed by atoms with Crippen molar-refractivity contribution in [1.29, 1.82) is 0 Å².